The van der Waals surface area contributed by atoms with E-state index in [1.54, 1.807) is 0 Å². The molecule has 3 aliphatic carbocycles. The Bertz CT molecular complexity index is 1430. The van der Waals surface area contributed by atoms with Gasteiger partial charge in [0.2, 0.25) is 0 Å². The van der Waals surface area contributed by atoms with Gasteiger partial charge in [-0.3, -0.25) is 0 Å². The second-order valence-corrected chi connectivity index (χ2v) is 10.8. The molecule has 0 amide bonds. The van der Waals surface area contributed by atoms with E-state index in [9.17, 15) is 0 Å². The summed E-state index contributed by atoms with van der Waals surface area (Å²) in [5.41, 5.74) is 11.3. The highest BCUT2D eigenvalue weighted by molar-refractivity contribution is 8.03. The molecule has 1 heteroatoms. The van der Waals surface area contributed by atoms with Gasteiger partial charge in [0.05, 0.1) is 0 Å². The Hall–Kier alpha value is -3.03. The first-order valence-corrected chi connectivity index (χ1v) is 12.3. The SMILES string of the molecule is CC1(C)c2ccccc2-c2ccc(C3=C4c5ccccc5SC5=CC=CC(C=C3)C54)cc21. The van der Waals surface area contributed by atoms with Crippen molar-refractivity contribution in [2.45, 2.75) is 24.2 Å². The van der Waals surface area contributed by atoms with Gasteiger partial charge in [-0.1, -0.05) is 111 Å². The Morgan fingerprint density at radius 1 is 0.781 bits per heavy atom. The van der Waals surface area contributed by atoms with Crippen molar-refractivity contribution in [3.63, 3.8) is 0 Å². The molecule has 0 spiro atoms. The fraction of sp³-hybridized carbons (Fsp3) is 0.161. The lowest BCUT2D eigenvalue weighted by atomic mass is 9.72. The fourth-order valence-electron chi connectivity index (χ4n) is 6.10. The van der Waals surface area contributed by atoms with E-state index in [2.05, 4.69) is 111 Å². The monoisotopic (exact) mass is 428 g/mol. The van der Waals surface area contributed by atoms with Crippen molar-refractivity contribution in [3.05, 3.63) is 124 Å². The van der Waals surface area contributed by atoms with Crippen LogP contribution < -0.4 is 0 Å². The van der Waals surface area contributed by atoms with Crippen molar-refractivity contribution in [1.82, 2.24) is 0 Å². The molecule has 3 aromatic carbocycles. The molecule has 0 saturated carbocycles. The maximum absolute atomic E-state index is 2.47. The summed E-state index contributed by atoms with van der Waals surface area (Å²) in [6.07, 6.45) is 11.7. The Labute approximate surface area is 194 Å². The average molecular weight is 429 g/mol. The number of hydrogen-bond donors (Lipinski definition) is 0. The van der Waals surface area contributed by atoms with Gasteiger partial charge in [-0.2, -0.15) is 0 Å². The van der Waals surface area contributed by atoms with Crippen molar-refractivity contribution >= 4 is 22.9 Å². The minimum absolute atomic E-state index is 0.0209. The van der Waals surface area contributed by atoms with E-state index in [0.717, 1.165) is 0 Å². The summed E-state index contributed by atoms with van der Waals surface area (Å²) >= 11 is 1.95. The number of fused-ring (bicyclic) bond motifs is 5. The van der Waals surface area contributed by atoms with E-state index in [-0.39, 0.29) is 5.41 Å². The highest BCUT2D eigenvalue weighted by Gasteiger charge is 2.39. The third kappa shape index (κ3) is 2.40. The lowest BCUT2D eigenvalue weighted by molar-refractivity contribution is 0.659. The minimum atomic E-state index is 0.0209. The highest BCUT2D eigenvalue weighted by Crippen LogP contribution is 2.57. The number of rotatable bonds is 1. The summed E-state index contributed by atoms with van der Waals surface area (Å²) in [7, 11) is 0. The molecule has 154 valence electrons. The molecule has 1 aliphatic heterocycles. The Balaban J connectivity index is 1.47. The Morgan fingerprint density at radius 2 is 1.56 bits per heavy atom. The summed E-state index contributed by atoms with van der Waals surface area (Å²) in [6.45, 7) is 4.73. The predicted molar refractivity (Wildman–Crippen MR) is 136 cm³/mol. The quantitative estimate of drug-likeness (QED) is 0.376. The topological polar surface area (TPSA) is 0 Å². The predicted octanol–water partition coefficient (Wildman–Crippen LogP) is 8.27. The van der Waals surface area contributed by atoms with E-state index in [1.807, 2.05) is 11.8 Å². The standard InChI is InChI=1S/C31H24S/c1-31(2)25-11-5-3-9-22(25)23-17-15-20(18-26(23)31)21-16-14-19-8-7-13-28-29(19)30(21)24-10-4-6-12-27(24)32-28/h3-19,29H,1-2H3. The largest absolute Gasteiger partial charge is 0.0932 e. The van der Waals surface area contributed by atoms with E-state index in [4.69, 9.17) is 0 Å². The number of benzene rings is 3. The molecule has 7 rings (SSSR count). The van der Waals surface area contributed by atoms with Gasteiger partial charge in [0.1, 0.15) is 0 Å². The fourth-order valence-corrected chi connectivity index (χ4v) is 7.33. The molecule has 0 fully saturated rings. The maximum atomic E-state index is 2.47. The number of thioether (sulfide) groups is 1. The second-order valence-electron chi connectivity index (χ2n) is 9.72. The summed E-state index contributed by atoms with van der Waals surface area (Å²) in [6, 6.07) is 25.0. The third-order valence-corrected chi connectivity index (χ3v) is 8.87. The molecule has 32 heavy (non-hydrogen) atoms. The highest BCUT2D eigenvalue weighted by atomic mass is 32.2. The van der Waals surface area contributed by atoms with Crippen molar-refractivity contribution in [2.24, 2.45) is 11.8 Å². The van der Waals surface area contributed by atoms with Crippen LogP contribution in [0.4, 0.5) is 0 Å². The molecule has 1 heterocycles. The molecule has 0 radical (unpaired) electrons. The van der Waals surface area contributed by atoms with Crippen LogP contribution in [0.15, 0.2) is 107 Å². The third-order valence-electron chi connectivity index (χ3n) is 7.67. The van der Waals surface area contributed by atoms with Crippen molar-refractivity contribution in [1.29, 1.82) is 0 Å². The zero-order valence-electron chi connectivity index (χ0n) is 18.3. The van der Waals surface area contributed by atoms with Crippen LogP contribution in [0.2, 0.25) is 0 Å². The first-order chi connectivity index (χ1) is 15.6. The van der Waals surface area contributed by atoms with E-state index < -0.39 is 0 Å². The van der Waals surface area contributed by atoms with Gasteiger partial charge >= 0.3 is 0 Å². The van der Waals surface area contributed by atoms with Crippen LogP contribution in [-0.2, 0) is 5.41 Å². The molecule has 0 saturated heterocycles. The number of allylic oxidation sites excluding steroid dienone is 8. The van der Waals surface area contributed by atoms with Gasteiger partial charge in [0, 0.05) is 22.1 Å². The van der Waals surface area contributed by atoms with Gasteiger partial charge in [-0.05, 0) is 61.6 Å². The van der Waals surface area contributed by atoms with Gasteiger partial charge in [-0.15, -0.1) is 0 Å². The molecule has 2 atom stereocenters. The molecule has 0 nitrogen and oxygen atoms in total. The van der Waals surface area contributed by atoms with E-state index in [0.29, 0.717) is 11.8 Å². The molecule has 4 aliphatic rings. The van der Waals surface area contributed by atoms with Crippen LogP contribution >= 0.6 is 11.8 Å². The summed E-state index contributed by atoms with van der Waals surface area (Å²) in [5, 5.41) is 0. The molecule has 3 aromatic rings. The van der Waals surface area contributed by atoms with E-state index in [1.165, 1.54) is 54.3 Å². The zero-order valence-corrected chi connectivity index (χ0v) is 19.1. The molecule has 0 N–H and O–H groups in total. The first-order valence-electron chi connectivity index (χ1n) is 11.5. The summed E-state index contributed by atoms with van der Waals surface area (Å²) in [4.78, 5) is 2.85. The average Bonchev–Trinajstić information content (AvgIpc) is 3.06. The van der Waals surface area contributed by atoms with E-state index >= 15 is 0 Å². The van der Waals surface area contributed by atoms with Gasteiger partial charge in [0.25, 0.3) is 0 Å². The van der Waals surface area contributed by atoms with Crippen molar-refractivity contribution < 1.29 is 0 Å². The van der Waals surface area contributed by atoms with Crippen molar-refractivity contribution in [3.8, 4) is 11.1 Å². The van der Waals surface area contributed by atoms with Crippen LogP contribution in [0.25, 0.3) is 22.3 Å². The van der Waals surface area contributed by atoms with Crippen LogP contribution in [-0.4, -0.2) is 0 Å². The van der Waals surface area contributed by atoms with Crippen LogP contribution in [0, 0.1) is 11.8 Å². The Morgan fingerprint density at radius 3 is 2.47 bits per heavy atom. The van der Waals surface area contributed by atoms with Gasteiger partial charge < -0.3 is 0 Å². The molecular weight excluding hydrogens is 404 g/mol. The first kappa shape index (κ1) is 18.5. The lowest BCUT2D eigenvalue weighted by Crippen LogP contribution is -2.23. The van der Waals surface area contributed by atoms with Crippen LogP contribution in [0.5, 0.6) is 0 Å². The van der Waals surface area contributed by atoms with Crippen LogP contribution in [0.1, 0.15) is 36.1 Å². The molecule has 0 bridgehead atoms. The molecule has 0 aromatic heterocycles. The summed E-state index contributed by atoms with van der Waals surface area (Å²) in [5.74, 6) is 0.878. The normalized spacial score (nSPS) is 23.2. The Kier molecular flexibility index (Phi) is 3.76. The van der Waals surface area contributed by atoms with Crippen molar-refractivity contribution in [2.75, 3.05) is 0 Å². The van der Waals surface area contributed by atoms with Crippen LogP contribution in [0.3, 0.4) is 0 Å². The molecular formula is C31H24S. The zero-order chi connectivity index (χ0) is 21.4. The second kappa shape index (κ2) is 6.49. The minimum Gasteiger partial charge on any atom is -0.0932 e. The lowest BCUT2D eigenvalue weighted by Gasteiger charge is -2.38. The smallest absolute Gasteiger partial charge is 0.0263 e. The number of hydrogen-bond acceptors (Lipinski definition) is 1. The van der Waals surface area contributed by atoms with Gasteiger partial charge in [-0.25, -0.2) is 0 Å². The molecule has 2 unspecified atom stereocenters. The maximum Gasteiger partial charge on any atom is 0.0263 e. The summed E-state index contributed by atoms with van der Waals surface area (Å²) < 4.78 is 0. The van der Waals surface area contributed by atoms with Gasteiger partial charge in [0.15, 0.2) is 0 Å².